The molecule has 0 saturated heterocycles. The van der Waals surface area contributed by atoms with Crippen LogP contribution in [-0.4, -0.2) is 19.8 Å². The van der Waals surface area contributed by atoms with Crippen molar-refractivity contribution in [1.29, 1.82) is 0 Å². The van der Waals surface area contributed by atoms with Crippen LogP contribution in [0.2, 0.25) is 0 Å². The predicted molar refractivity (Wildman–Crippen MR) is 99.0 cm³/mol. The molecule has 0 nitrogen and oxygen atoms in total. The second-order valence-electron chi connectivity index (χ2n) is 6.61. The summed E-state index contributed by atoms with van der Waals surface area (Å²) < 4.78 is 119. The fraction of sp³-hybridized carbons (Fsp3) is 0.143. The Labute approximate surface area is 178 Å². The zero-order valence-corrected chi connectivity index (χ0v) is 18.2. The zero-order valence-electron chi connectivity index (χ0n) is 15.3. The van der Waals surface area contributed by atoms with E-state index in [0.717, 1.165) is 54.6 Å². The van der Waals surface area contributed by atoms with Crippen molar-refractivity contribution in [2.75, 3.05) is 0 Å². The van der Waals surface area contributed by atoms with Crippen LogP contribution >= 0.6 is 0 Å². The molecule has 0 amide bonds. The summed E-state index contributed by atoms with van der Waals surface area (Å²) in [5, 5.41) is 0. The minimum atomic E-state index is -4.70. The molecule has 0 unspecified atom stereocenters. The molecule has 163 valence electrons. The average molecular weight is 554 g/mol. The second-order valence-corrected chi connectivity index (χ2v) is 13.7. The first-order chi connectivity index (χ1) is 14.3. The van der Waals surface area contributed by atoms with Crippen LogP contribution in [0.15, 0.2) is 72.8 Å². The number of benzene rings is 3. The molecular weight excluding hydrogens is 542 g/mol. The maximum atomic E-state index is 13.2. The van der Waals surface area contributed by atoms with Gasteiger partial charge in [-0.05, 0) is 0 Å². The van der Waals surface area contributed by atoms with Crippen molar-refractivity contribution < 1.29 is 39.5 Å². The molecule has 0 spiro atoms. The van der Waals surface area contributed by atoms with Gasteiger partial charge in [0.1, 0.15) is 0 Å². The quantitative estimate of drug-likeness (QED) is 0.307. The molecule has 0 heterocycles. The van der Waals surface area contributed by atoms with Crippen LogP contribution in [0.1, 0.15) is 16.7 Å². The van der Waals surface area contributed by atoms with Crippen LogP contribution in [0.5, 0.6) is 0 Å². The van der Waals surface area contributed by atoms with Crippen molar-refractivity contribution in [3.8, 4) is 0 Å². The molecule has 0 aromatic heterocycles. The molecule has 3 aromatic carbocycles. The summed E-state index contributed by atoms with van der Waals surface area (Å²) in [7, 11) is 0. The van der Waals surface area contributed by atoms with E-state index < -0.39 is 55.0 Å². The molecule has 31 heavy (non-hydrogen) atoms. The van der Waals surface area contributed by atoms with E-state index in [1.807, 2.05) is 0 Å². The summed E-state index contributed by atoms with van der Waals surface area (Å²) in [6.07, 6.45) is -14.1. The van der Waals surface area contributed by atoms with Gasteiger partial charge in [0.25, 0.3) is 0 Å². The normalized spacial score (nSPS) is 13.0. The van der Waals surface area contributed by atoms with E-state index in [4.69, 9.17) is 0 Å². The van der Waals surface area contributed by atoms with Crippen LogP contribution in [0.25, 0.3) is 0 Å². The summed E-state index contributed by atoms with van der Waals surface area (Å²) >= 11 is -3.87. The molecule has 3 aromatic rings. The summed E-state index contributed by atoms with van der Waals surface area (Å²) in [6, 6.07) is 12.2. The average Bonchev–Trinajstić information content (AvgIpc) is 2.67. The second kappa shape index (κ2) is 8.40. The van der Waals surface area contributed by atoms with Crippen molar-refractivity contribution in [3.63, 3.8) is 0 Å². The number of hydrogen-bond acceptors (Lipinski definition) is 0. The van der Waals surface area contributed by atoms with Crippen molar-refractivity contribution in [2.45, 2.75) is 18.5 Å². The molecular formula is C21H12F9Sn. The third-order valence-corrected chi connectivity index (χ3v) is 12.0. The van der Waals surface area contributed by atoms with Gasteiger partial charge in [-0.15, -0.1) is 0 Å². The zero-order chi connectivity index (χ0) is 23.0. The van der Waals surface area contributed by atoms with Crippen LogP contribution in [0.4, 0.5) is 39.5 Å². The van der Waals surface area contributed by atoms with E-state index in [2.05, 4.69) is 0 Å². The number of halogens is 9. The molecule has 0 aliphatic rings. The molecule has 0 bridgehead atoms. The van der Waals surface area contributed by atoms with Gasteiger partial charge in [0, 0.05) is 0 Å². The van der Waals surface area contributed by atoms with Crippen molar-refractivity contribution in [2.24, 2.45) is 0 Å². The van der Waals surface area contributed by atoms with Gasteiger partial charge < -0.3 is 0 Å². The fourth-order valence-corrected chi connectivity index (χ4v) is 10.7. The van der Waals surface area contributed by atoms with Crippen LogP contribution in [0.3, 0.4) is 0 Å². The topological polar surface area (TPSA) is 0 Å². The van der Waals surface area contributed by atoms with Gasteiger partial charge in [-0.2, -0.15) is 0 Å². The van der Waals surface area contributed by atoms with Gasteiger partial charge >= 0.3 is 178 Å². The van der Waals surface area contributed by atoms with Gasteiger partial charge in [0.2, 0.25) is 0 Å². The molecule has 0 atom stereocenters. The molecule has 3 rings (SSSR count). The van der Waals surface area contributed by atoms with E-state index >= 15 is 0 Å². The molecule has 1 radical (unpaired) electrons. The Morgan fingerprint density at radius 2 is 0.677 bits per heavy atom. The standard InChI is InChI=1S/3C7H4F3.Sn/c3*8-7(9,10)6-4-2-1-3-5-6;/h3*1-2,4-5H;. The van der Waals surface area contributed by atoms with Gasteiger partial charge in [-0.3, -0.25) is 0 Å². The minimum absolute atomic E-state index is 0.107. The van der Waals surface area contributed by atoms with Crippen molar-refractivity contribution >= 4 is 30.5 Å². The summed E-state index contributed by atoms with van der Waals surface area (Å²) in [4.78, 5) is 0. The van der Waals surface area contributed by atoms with Crippen molar-refractivity contribution in [3.05, 3.63) is 89.5 Å². The monoisotopic (exact) mass is 555 g/mol. The first-order valence-electron chi connectivity index (χ1n) is 8.66. The Morgan fingerprint density at radius 1 is 0.419 bits per heavy atom. The summed E-state index contributed by atoms with van der Waals surface area (Å²) in [5.41, 5.74) is -3.04. The summed E-state index contributed by atoms with van der Waals surface area (Å²) in [6.45, 7) is 0. The Balaban J connectivity index is 2.24. The van der Waals surface area contributed by atoms with E-state index in [9.17, 15) is 39.5 Å². The third-order valence-electron chi connectivity index (χ3n) is 4.44. The number of rotatable bonds is 3. The number of hydrogen-bond donors (Lipinski definition) is 0. The molecule has 0 aliphatic carbocycles. The van der Waals surface area contributed by atoms with E-state index in [-0.39, 0.29) is 10.7 Å². The molecule has 10 heteroatoms. The van der Waals surface area contributed by atoms with Crippen LogP contribution < -0.4 is 10.7 Å². The SMILES string of the molecule is FC(F)(F)c1ccc[c]([Sn]([c]2cccc(C(F)(F)F)c2)[c]2cccc(C(F)(F)F)c2)c1. The maximum absolute atomic E-state index is 13.2. The Kier molecular flexibility index (Phi) is 6.37. The van der Waals surface area contributed by atoms with E-state index in [0.29, 0.717) is 0 Å². The fourth-order valence-electron chi connectivity index (χ4n) is 3.05. The van der Waals surface area contributed by atoms with Gasteiger partial charge in [-0.25, -0.2) is 0 Å². The van der Waals surface area contributed by atoms with Gasteiger partial charge in [-0.1, -0.05) is 0 Å². The Bertz CT molecular complexity index is 928. The van der Waals surface area contributed by atoms with Crippen molar-refractivity contribution in [1.82, 2.24) is 0 Å². The molecule has 0 aliphatic heterocycles. The van der Waals surface area contributed by atoms with Gasteiger partial charge in [0.05, 0.1) is 0 Å². The summed E-state index contributed by atoms with van der Waals surface area (Å²) in [5.74, 6) is 0. The molecule has 0 saturated carbocycles. The predicted octanol–water partition coefficient (Wildman–Crippen LogP) is 5.26. The molecule has 0 N–H and O–H groups in total. The Hall–Kier alpha value is -2.17. The van der Waals surface area contributed by atoms with E-state index in [1.165, 1.54) is 18.2 Å². The first kappa shape index (κ1) is 23.5. The van der Waals surface area contributed by atoms with Gasteiger partial charge in [0.15, 0.2) is 0 Å². The first-order valence-corrected chi connectivity index (χ1v) is 12.9. The van der Waals surface area contributed by atoms with Crippen LogP contribution in [0, 0.1) is 0 Å². The Morgan fingerprint density at radius 3 is 0.903 bits per heavy atom. The number of alkyl halides is 9. The third kappa shape index (κ3) is 5.55. The van der Waals surface area contributed by atoms with E-state index in [1.54, 1.807) is 0 Å². The van der Waals surface area contributed by atoms with Crippen LogP contribution in [-0.2, 0) is 18.5 Å². The molecule has 0 fully saturated rings.